The number of rotatable bonds is 5. The maximum Gasteiger partial charge on any atom is 0.220 e. The number of carbonyl (C=O) groups is 1. The van der Waals surface area contributed by atoms with Crippen molar-refractivity contribution in [1.29, 1.82) is 0 Å². The molecular weight excluding hydrogens is 258 g/mol. The topological polar surface area (TPSA) is 49.3 Å². The lowest BCUT2D eigenvalue weighted by molar-refractivity contribution is -0.123. The van der Waals surface area contributed by atoms with E-state index in [1.54, 1.807) is 11.8 Å². The van der Waals surface area contributed by atoms with Crippen LogP contribution in [-0.4, -0.2) is 23.8 Å². The van der Waals surface area contributed by atoms with Gasteiger partial charge < -0.3 is 10.4 Å². The van der Waals surface area contributed by atoms with Crippen molar-refractivity contribution in [1.82, 2.24) is 5.32 Å². The summed E-state index contributed by atoms with van der Waals surface area (Å²) < 4.78 is 0. The largest absolute Gasteiger partial charge is 0.387 e. The zero-order chi connectivity index (χ0) is 14.5. The zero-order valence-corrected chi connectivity index (χ0v) is 12.9. The quantitative estimate of drug-likeness (QED) is 0.816. The minimum absolute atomic E-state index is 0.0210. The molecule has 0 aliphatic rings. The van der Waals surface area contributed by atoms with Crippen LogP contribution in [-0.2, 0) is 4.79 Å². The van der Waals surface area contributed by atoms with E-state index in [4.69, 9.17) is 0 Å². The fraction of sp³-hybridized carbons (Fsp3) is 0.533. The van der Waals surface area contributed by atoms with Gasteiger partial charge in [-0.2, -0.15) is 0 Å². The highest BCUT2D eigenvalue weighted by Crippen LogP contribution is 2.20. The van der Waals surface area contributed by atoms with Crippen LogP contribution in [0.4, 0.5) is 0 Å². The Morgan fingerprint density at radius 1 is 1.32 bits per heavy atom. The Hall–Kier alpha value is -1.00. The third kappa shape index (κ3) is 6.12. The van der Waals surface area contributed by atoms with E-state index in [2.05, 4.69) is 5.32 Å². The lowest BCUT2D eigenvalue weighted by atomic mass is 9.92. The van der Waals surface area contributed by atoms with Gasteiger partial charge in [0.15, 0.2) is 0 Å². The molecule has 1 aromatic carbocycles. The van der Waals surface area contributed by atoms with Crippen molar-refractivity contribution in [3.63, 3.8) is 0 Å². The van der Waals surface area contributed by atoms with Gasteiger partial charge in [-0.3, -0.25) is 4.79 Å². The van der Waals surface area contributed by atoms with Crippen molar-refractivity contribution < 1.29 is 9.90 Å². The van der Waals surface area contributed by atoms with E-state index >= 15 is 0 Å². The highest BCUT2D eigenvalue weighted by Gasteiger charge is 2.16. The van der Waals surface area contributed by atoms with Crippen molar-refractivity contribution in [2.24, 2.45) is 5.41 Å². The molecule has 1 atom stereocenters. The van der Waals surface area contributed by atoms with Crippen LogP contribution < -0.4 is 5.32 Å². The number of carbonyl (C=O) groups excluding carboxylic acids is 1. The van der Waals surface area contributed by atoms with Crippen molar-refractivity contribution >= 4 is 17.7 Å². The molecule has 0 heterocycles. The molecule has 0 spiro atoms. The molecular formula is C15H23NO2S. The summed E-state index contributed by atoms with van der Waals surface area (Å²) in [6.07, 6.45) is 1.82. The van der Waals surface area contributed by atoms with E-state index in [1.165, 1.54) is 0 Å². The summed E-state index contributed by atoms with van der Waals surface area (Å²) in [5.41, 5.74) is 0.795. The summed E-state index contributed by atoms with van der Waals surface area (Å²) in [4.78, 5) is 12.8. The molecule has 0 aromatic heterocycles. The maximum absolute atomic E-state index is 11.7. The second-order valence-electron chi connectivity index (χ2n) is 5.83. The Bertz CT molecular complexity index is 409. The first-order chi connectivity index (χ1) is 8.81. The number of hydrogen-bond donors (Lipinski definition) is 2. The molecule has 0 fully saturated rings. The summed E-state index contributed by atoms with van der Waals surface area (Å²) in [7, 11) is 0. The van der Waals surface area contributed by atoms with Gasteiger partial charge in [-0.15, -0.1) is 11.8 Å². The maximum atomic E-state index is 11.7. The summed E-state index contributed by atoms with van der Waals surface area (Å²) in [5.74, 6) is -0.0210. The van der Waals surface area contributed by atoms with Crippen LogP contribution in [0.1, 0.15) is 38.9 Å². The zero-order valence-electron chi connectivity index (χ0n) is 12.1. The third-order valence-corrected chi connectivity index (χ3v) is 3.43. The van der Waals surface area contributed by atoms with E-state index in [0.717, 1.165) is 10.5 Å². The van der Waals surface area contributed by atoms with Gasteiger partial charge in [0.1, 0.15) is 0 Å². The Balaban J connectivity index is 2.46. The van der Waals surface area contributed by atoms with Crippen LogP contribution in [0.5, 0.6) is 0 Å². The molecule has 106 valence electrons. The lowest BCUT2D eigenvalue weighted by Gasteiger charge is -2.18. The standard InChI is InChI=1S/C15H23NO2S/c1-15(2,3)9-14(18)16-10-13(17)11-5-7-12(19-4)8-6-11/h5-8,13,17H,9-10H2,1-4H3,(H,16,18)/t13-/m1/s1. The first-order valence-electron chi connectivity index (χ1n) is 6.40. The van der Waals surface area contributed by atoms with Crippen LogP contribution in [0, 0.1) is 5.41 Å². The molecule has 2 N–H and O–H groups in total. The molecule has 0 radical (unpaired) electrons. The van der Waals surface area contributed by atoms with Gasteiger partial charge in [0.05, 0.1) is 6.10 Å². The van der Waals surface area contributed by atoms with E-state index in [9.17, 15) is 9.90 Å². The molecule has 19 heavy (non-hydrogen) atoms. The highest BCUT2D eigenvalue weighted by molar-refractivity contribution is 7.98. The van der Waals surface area contributed by atoms with Gasteiger partial charge in [-0.25, -0.2) is 0 Å². The van der Waals surface area contributed by atoms with Gasteiger partial charge in [0, 0.05) is 17.9 Å². The molecule has 0 bridgehead atoms. The predicted molar refractivity (Wildman–Crippen MR) is 80.3 cm³/mol. The molecule has 1 aromatic rings. The number of nitrogens with one attached hydrogen (secondary N) is 1. The molecule has 3 nitrogen and oxygen atoms in total. The molecule has 0 unspecified atom stereocenters. The number of thioether (sulfide) groups is 1. The average Bonchev–Trinajstić information content (AvgIpc) is 2.34. The fourth-order valence-electron chi connectivity index (χ4n) is 1.70. The Morgan fingerprint density at radius 2 is 1.89 bits per heavy atom. The molecule has 1 rings (SSSR count). The van der Waals surface area contributed by atoms with Crippen LogP contribution in [0.15, 0.2) is 29.2 Å². The van der Waals surface area contributed by atoms with Crippen LogP contribution in [0.25, 0.3) is 0 Å². The molecule has 4 heteroatoms. The average molecular weight is 281 g/mol. The van der Waals surface area contributed by atoms with Crippen molar-refractivity contribution in [2.75, 3.05) is 12.8 Å². The summed E-state index contributed by atoms with van der Waals surface area (Å²) >= 11 is 1.66. The van der Waals surface area contributed by atoms with Gasteiger partial charge in [0.2, 0.25) is 5.91 Å². The van der Waals surface area contributed by atoms with Crippen LogP contribution >= 0.6 is 11.8 Å². The third-order valence-electron chi connectivity index (χ3n) is 2.68. The minimum atomic E-state index is -0.653. The fourth-order valence-corrected chi connectivity index (χ4v) is 2.11. The normalized spacial score (nSPS) is 13.1. The van der Waals surface area contributed by atoms with Crippen molar-refractivity contribution in [3.8, 4) is 0 Å². The molecule has 0 aliphatic carbocycles. The van der Waals surface area contributed by atoms with E-state index in [-0.39, 0.29) is 17.9 Å². The first-order valence-corrected chi connectivity index (χ1v) is 7.63. The van der Waals surface area contributed by atoms with Gasteiger partial charge in [-0.1, -0.05) is 32.9 Å². The summed E-state index contributed by atoms with van der Waals surface area (Å²) in [5, 5.41) is 12.8. The van der Waals surface area contributed by atoms with Crippen LogP contribution in [0.3, 0.4) is 0 Å². The summed E-state index contributed by atoms with van der Waals surface area (Å²) in [6.45, 7) is 6.31. The molecule has 0 saturated heterocycles. The Morgan fingerprint density at radius 3 is 2.37 bits per heavy atom. The first kappa shape index (κ1) is 16.1. The SMILES string of the molecule is CSc1ccc([C@H](O)CNC(=O)CC(C)(C)C)cc1. The molecule has 1 amide bonds. The number of amides is 1. The smallest absolute Gasteiger partial charge is 0.220 e. The number of aliphatic hydroxyl groups excluding tert-OH is 1. The van der Waals surface area contributed by atoms with E-state index < -0.39 is 6.10 Å². The highest BCUT2D eigenvalue weighted by atomic mass is 32.2. The Kier molecular flexibility index (Phi) is 5.88. The second kappa shape index (κ2) is 6.96. The van der Waals surface area contributed by atoms with Crippen molar-refractivity contribution in [2.45, 2.75) is 38.2 Å². The monoisotopic (exact) mass is 281 g/mol. The number of benzene rings is 1. The van der Waals surface area contributed by atoms with Gasteiger partial charge >= 0.3 is 0 Å². The second-order valence-corrected chi connectivity index (χ2v) is 6.71. The summed E-state index contributed by atoms with van der Waals surface area (Å²) in [6, 6.07) is 7.74. The lowest BCUT2D eigenvalue weighted by Crippen LogP contribution is -2.31. The van der Waals surface area contributed by atoms with Gasteiger partial charge in [0.25, 0.3) is 0 Å². The van der Waals surface area contributed by atoms with Crippen molar-refractivity contribution in [3.05, 3.63) is 29.8 Å². The van der Waals surface area contributed by atoms with E-state index in [1.807, 2.05) is 51.3 Å². The van der Waals surface area contributed by atoms with Crippen LogP contribution in [0.2, 0.25) is 0 Å². The Labute approximate surface area is 119 Å². The number of hydrogen-bond acceptors (Lipinski definition) is 3. The molecule has 0 aliphatic heterocycles. The van der Waals surface area contributed by atoms with Gasteiger partial charge in [-0.05, 0) is 29.4 Å². The molecule has 0 saturated carbocycles. The number of aliphatic hydroxyl groups is 1. The predicted octanol–water partition coefficient (Wildman–Crippen LogP) is 2.99. The van der Waals surface area contributed by atoms with E-state index in [0.29, 0.717) is 6.42 Å². The minimum Gasteiger partial charge on any atom is -0.387 e.